The summed E-state index contributed by atoms with van der Waals surface area (Å²) in [6, 6.07) is 14.9. The van der Waals surface area contributed by atoms with Crippen LogP contribution in [0.2, 0.25) is 0 Å². The van der Waals surface area contributed by atoms with Gasteiger partial charge in [-0.1, -0.05) is 36.3 Å². The van der Waals surface area contributed by atoms with Crippen LogP contribution < -0.4 is 4.72 Å². The van der Waals surface area contributed by atoms with Crippen molar-refractivity contribution in [3.63, 3.8) is 0 Å². The van der Waals surface area contributed by atoms with Crippen molar-refractivity contribution in [2.75, 3.05) is 11.0 Å². The maximum Gasteiger partial charge on any atom is 0.257 e. The summed E-state index contributed by atoms with van der Waals surface area (Å²) in [5.74, 6) is 1.04. The lowest BCUT2D eigenvalue weighted by molar-refractivity contribution is 0.420. The molecule has 130 valence electrons. The summed E-state index contributed by atoms with van der Waals surface area (Å²) in [5, 5.41) is 4.09. The Morgan fingerprint density at radius 1 is 1.08 bits per heavy atom. The number of rotatable bonds is 5. The van der Waals surface area contributed by atoms with Gasteiger partial charge < -0.3 is 4.52 Å². The topological polar surface area (TPSA) is 85.1 Å². The maximum absolute atomic E-state index is 11.2. The lowest BCUT2D eigenvalue weighted by Crippen LogP contribution is -2.09. The van der Waals surface area contributed by atoms with Gasteiger partial charge in [0.1, 0.15) is 0 Å². The van der Waals surface area contributed by atoms with Crippen LogP contribution >= 0.6 is 0 Å². The van der Waals surface area contributed by atoms with Crippen LogP contribution in [0.25, 0.3) is 11.5 Å². The summed E-state index contributed by atoms with van der Waals surface area (Å²) in [7, 11) is -3.30. The van der Waals surface area contributed by atoms with Gasteiger partial charge in [0.15, 0.2) is 5.82 Å². The van der Waals surface area contributed by atoms with Crippen LogP contribution in [0.15, 0.2) is 53.1 Å². The molecule has 0 bridgehead atoms. The van der Waals surface area contributed by atoms with Crippen molar-refractivity contribution in [1.29, 1.82) is 0 Å². The van der Waals surface area contributed by atoms with Crippen molar-refractivity contribution >= 4 is 15.7 Å². The molecular formula is C18H19N3O3S. The van der Waals surface area contributed by atoms with Gasteiger partial charge in [-0.2, -0.15) is 4.98 Å². The van der Waals surface area contributed by atoms with E-state index in [0.29, 0.717) is 17.4 Å². The molecule has 3 rings (SSSR count). The van der Waals surface area contributed by atoms with Crippen LogP contribution in [-0.4, -0.2) is 24.8 Å². The largest absolute Gasteiger partial charge is 0.334 e. The Kier molecular flexibility index (Phi) is 4.59. The number of nitrogens with one attached hydrogen (secondary N) is 1. The predicted octanol–water partition coefficient (Wildman–Crippen LogP) is 3.57. The zero-order valence-electron chi connectivity index (χ0n) is 14.2. The van der Waals surface area contributed by atoms with E-state index in [1.807, 2.05) is 19.1 Å². The highest BCUT2D eigenvalue weighted by atomic mass is 32.2. The Labute approximate surface area is 147 Å². The van der Waals surface area contributed by atoms with Gasteiger partial charge in [-0.3, -0.25) is 4.72 Å². The minimum Gasteiger partial charge on any atom is -0.334 e. The number of benzene rings is 2. The van der Waals surface area contributed by atoms with E-state index in [4.69, 9.17) is 4.52 Å². The fourth-order valence-corrected chi connectivity index (χ4v) is 3.20. The molecular weight excluding hydrogens is 338 g/mol. The quantitative estimate of drug-likeness (QED) is 0.754. The molecule has 1 unspecified atom stereocenters. The summed E-state index contributed by atoms with van der Waals surface area (Å²) < 4.78 is 30.3. The molecule has 3 aromatic rings. The van der Waals surface area contributed by atoms with Crippen molar-refractivity contribution in [1.82, 2.24) is 10.1 Å². The molecule has 0 saturated heterocycles. The number of aryl methyl sites for hydroxylation is 1. The smallest absolute Gasteiger partial charge is 0.257 e. The summed E-state index contributed by atoms with van der Waals surface area (Å²) in [4.78, 5) is 4.49. The second kappa shape index (κ2) is 6.68. The third-order valence-electron chi connectivity index (χ3n) is 3.92. The summed E-state index contributed by atoms with van der Waals surface area (Å²) >= 11 is 0. The summed E-state index contributed by atoms with van der Waals surface area (Å²) in [6.45, 7) is 4.09. The Morgan fingerprint density at radius 3 is 2.40 bits per heavy atom. The average molecular weight is 357 g/mol. The molecule has 0 fully saturated rings. The zero-order chi connectivity index (χ0) is 18.0. The molecule has 0 aliphatic heterocycles. The van der Waals surface area contributed by atoms with Gasteiger partial charge in [0.05, 0.1) is 6.26 Å². The molecule has 25 heavy (non-hydrogen) atoms. The molecule has 0 aliphatic rings. The molecule has 1 atom stereocenters. The lowest BCUT2D eigenvalue weighted by atomic mass is 9.96. The van der Waals surface area contributed by atoms with Crippen LogP contribution in [-0.2, 0) is 10.0 Å². The normalized spacial score (nSPS) is 12.8. The van der Waals surface area contributed by atoms with Gasteiger partial charge >= 0.3 is 0 Å². The van der Waals surface area contributed by atoms with Crippen molar-refractivity contribution in [3.8, 4) is 11.5 Å². The third kappa shape index (κ3) is 4.06. The minimum atomic E-state index is -3.30. The van der Waals surface area contributed by atoms with E-state index >= 15 is 0 Å². The highest BCUT2D eigenvalue weighted by molar-refractivity contribution is 7.92. The van der Waals surface area contributed by atoms with Crippen LogP contribution in [0.5, 0.6) is 0 Å². The highest BCUT2D eigenvalue weighted by Crippen LogP contribution is 2.27. The fourth-order valence-electron chi connectivity index (χ4n) is 2.63. The van der Waals surface area contributed by atoms with Gasteiger partial charge in [0.2, 0.25) is 10.0 Å². The van der Waals surface area contributed by atoms with Gasteiger partial charge in [-0.25, -0.2) is 8.42 Å². The highest BCUT2D eigenvalue weighted by Gasteiger charge is 2.18. The predicted molar refractivity (Wildman–Crippen MR) is 96.9 cm³/mol. The monoisotopic (exact) mass is 357 g/mol. The molecule has 6 nitrogen and oxygen atoms in total. The molecule has 0 saturated carbocycles. The number of sulfonamides is 1. The van der Waals surface area contributed by atoms with Crippen LogP contribution in [0.1, 0.15) is 29.8 Å². The zero-order valence-corrected chi connectivity index (χ0v) is 15.0. The molecule has 7 heteroatoms. The van der Waals surface area contributed by atoms with Crippen molar-refractivity contribution in [3.05, 3.63) is 65.5 Å². The molecule has 0 radical (unpaired) electrons. The molecule has 1 aromatic heterocycles. The Hall–Kier alpha value is -2.67. The van der Waals surface area contributed by atoms with Crippen molar-refractivity contribution in [2.24, 2.45) is 0 Å². The van der Waals surface area contributed by atoms with Crippen LogP contribution in [0, 0.1) is 6.92 Å². The number of hydrogen-bond donors (Lipinski definition) is 1. The summed E-state index contributed by atoms with van der Waals surface area (Å²) in [6.07, 6.45) is 1.11. The average Bonchev–Trinajstić information content (AvgIpc) is 3.04. The standard InChI is InChI=1S/C18H19N3O3S/c1-12-6-4-5-7-16(12)13(2)17-19-18(24-20-17)14-8-10-15(11-9-14)21-25(3,22)23/h4-11,13,21H,1-3H3. The second-order valence-electron chi connectivity index (χ2n) is 5.99. The molecule has 0 amide bonds. The first-order valence-electron chi connectivity index (χ1n) is 7.81. The van der Waals surface area contributed by atoms with E-state index in [2.05, 4.69) is 33.9 Å². The van der Waals surface area contributed by atoms with E-state index in [-0.39, 0.29) is 5.92 Å². The van der Waals surface area contributed by atoms with E-state index in [1.165, 1.54) is 5.56 Å². The van der Waals surface area contributed by atoms with E-state index in [1.54, 1.807) is 24.3 Å². The molecule has 1 heterocycles. The number of hydrogen-bond acceptors (Lipinski definition) is 5. The Balaban J connectivity index is 1.83. The van der Waals surface area contributed by atoms with Gasteiger partial charge in [0, 0.05) is 17.2 Å². The lowest BCUT2D eigenvalue weighted by Gasteiger charge is -2.10. The first-order chi connectivity index (χ1) is 11.8. The van der Waals surface area contributed by atoms with E-state index in [9.17, 15) is 8.42 Å². The Bertz CT molecular complexity index is 979. The Morgan fingerprint density at radius 2 is 1.76 bits per heavy atom. The number of nitrogens with zero attached hydrogens (tertiary/aromatic N) is 2. The first kappa shape index (κ1) is 17.2. The van der Waals surface area contributed by atoms with E-state index < -0.39 is 10.0 Å². The summed E-state index contributed by atoms with van der Waals surface area (Å²) in [5.41, 5.74) is 3.55. The SMILES string of the molecule is Cc1ccccc1C(C)c1noc(-c2ccc(NS(C)(=O)=O)cc2)n1. The van der Waals surface area contributed by atoms with Gasteiger partial charge in [0.25, 0.3) is 5.89 Å². The van der Waals surface area contributed by atoms with Crippen LogP contribution in [0.3, 0.4) is 0 Å². The second-order valence-corrected chi connectivity index (χ2v) is 7.74. The molecule has 0 aliphatic carbocycles. The van der Waals surface area contributed by atoms with E-state index in [0.717, 1.165) is 17.4 Å². The molecule has 0 spiro atoms. The first-order valence-corrected chi connectivity index (χ1v) is 9.70. The molecule has 2 aromatic carbocycles. The number of aromatic nitrogens is 2. The van der Waals surface area contributed by atoms with Gasteiger partial charge in [-0.05, 0) is 42.3 Å². The van der Waals surface area contributed by atoms with Crippen LogP contribution in [0.4, 0.5) is 5.69 Å². The maximum atomic E-state index is 11.2. The van der Waals surface area contributed by atoms with Crippen molar-refractivity contribution in [2.45, 2.75) is 19.8 Å². The fraction of sp³-hybridized carbons (Fsp3) is 0.222. The van der Waals surface area contributed by atoms with Crippen molar-refractivity contribution < 1.29 is 12.9 Å². The number of anilines is 1. The third-order valence-corrected chi connectivity index (χ3v) is 4.53. The minimum absolute atomic E-state index is 0.0184. The van der Waals surface area contributed by atoms with Gasteiger partial charge in [-0.15, -0.1) is 0 Å². The molecule has 1 N–H and O–H groups in total.